The zero-order valence-corrected chi connectivity index (χ0v) is 8.67. The van der Waals surface area contributed by atoms with Gasteiger partial charge < -0.3 is 5.32 Å². The van der Waals surface area contributed by atoms with Gasteiger partial charge in [-0.2, -0.15) is 0 Å². The Morgan fingerprint density at radius 3 is 2.57 bits per heavy atom. The highest BCUT2D eigenvalue weighted by Gasteiger charge is 2.44. The molecule has 1 aliphatic carbocycles. The van der Waals surface area contributed by atoms with Gasteiger partial charge in [-0.25, -0.2) is 4.79 Å². The number of nitrogens with one attached hydrogen (secondary N) is 1. The second-order valence-electron chi connectivity index (χ2n) is 4.77. The lowest BCUT2D eigenvalue weighted by atomic mass is 9.88. The smallest absolute Gasteiger partial charge is 0.324 e. The SMILES string of the molecule is CC1(C)CCNC(=O)N(C2CC2)C1=O. The number of hydrogen-bond acceptors (Lipinski definition) is 2. The van der Waals surface area contributed by atoms with E-state index in [0.29, 0.717) is 6.54 Å². The Morgan fingerprint density at radius 1 is 1.36 bits per heavy atom. The molecule has 2 rings (SSSR count). The van der Waals surface area contributed by atoms with Crippen molar-refractivity contribution in [2.24, 2.45) is 5.41 Å². The molecule has 1 saturated heterocycles. The molecule has 0 atom stereocenters. The maximum Gasteiger partial charge on any atom is 0.324 e. The second-order valence-corrected chi connectivity index (χ2v) is 4.77. The van der Waals surface area contributed by atoms with Crippen LogP contribution in [0.2, 0.25) is 0 Å². The Labute approximate surface area is 83.6 Å². The van der Waals surface area contributed by atoms with Crippen molar-refractivity contribution < 1.29 is 9.59 Å². The lowest BCUT2D eigenvalue weighted by Gasteiger charge is -2.26. The fraction of sp³-hybridized carbons (Fsp3) is 0.800. The van der Waals surface area contributed by atoms with E-state index in [1.165, 1.54) is 4.90 Å². The molecule has 78 valence electrons. The van der Waals surface area contributed by atoms with Gasteiger partial charge in [-0.15, -0.1) is 0 Å². The molecule has 14 heavy (non-hydrogen) atoms. The predicted molar refractivity (Wildman–Crippen MR) is 51.7 cm³/mol. The van der Waals surface area contributed by atoms with Crippen molar-refractivity contribution >= 4 is 11.9 Å². The molecule has 0 unspecified atom stereocenters. The van der Waals surface area contributed by atoms with E-state index in [1.807, 2.05) is 13.8 Å². The van der Waals surface area contributed by atoms with Gasteiger partial charge in [0.25, 0.3) is 0 Å². The van der Waals surface area contributed by atoms with Gasteiger partial charge in [-0.3, -0.25) is 9.69 Å². The molecule has 1 aliphatic heterocycles. The van der Waals surface area contributed by atoms with Gasteiger partial charge in [0.2, 0.25) is 5.91 Å². The highest BCUT2D eigenvalue weighted by Crippen LogP contribution is 2.33. The van der Waals surface area contributed by atoms with Crippen LogP contribution in [0.3, 0.4) is 0 Å². The van der Waals surface area contributed by atoms with E-state index in [2.05, 4.69) is 5.32 Å². The summed E-state index contributed by atoms with van der Waals surface area (Å²) in [6, 6.07) is -0.0389. The number of imide groups is 1. The van der Waals surface area contributed by atoms with Crippen LogP contribution in [0, 0.1) is 5.41 Å². The first-order chi connectivity index (χ1) is 6.52. The van der Waals surface area contributed by atoms with E-state index < -0.39 is 5.41 Å². The van der Waals surface area contributed by atoms with Crippen LogP contribution in [0.5, 0.6) is 0 Å². The standard InChI is InChI=1S/C10H16N2O2/c1-10(2)5-6-11-9(14)12(8(10)13)7-3-4-7/h7H,3-6H2,1-2H3,(H,11,14). The Morgan fingerprint density at radius 2 is 2.00 bits per heavy atom. The number of rotatable bonds is 1. The molecule has 1 heterocycles. The molecule has 2 fully saturated rings. The average Bonchev–Trinajstić information content (AvgIpc) is 2.86. The van der Waals surface area contributed by atoms with Crippen LogP contribution in [0.1, 0.15) is 33.1 Å². The Kier molecular flexibility index (Phi) is 2.01. The van der Waals surface area contributed by atoms with E-state index in [9.17, 15) is 9.59 Å². The topological polar surface area (TPSA) is 49.4 Å². The lowest BCUT2D eigenvalue weighted by molar-refractivity contribution is -0.137. The van der Waals surface area contributed by atoms with Crippen LogP contribution >= 0.6 is 0 Å². The summed E-state index contributed by atoms with van der Waals surface area (Å²) in [4.78, 5) is 25.0. The Hall–Kier alpha value is -1.06. The van der Waals surface area contributed by atoms with Crippen LogP contribution in [0.4, 0.5) is 4.79 Å². The molecule has 3 amide bonds. The molecule has 4 heteroatoms. The first kappa shape index (κ1) is 9.49. The molecular formula is C10H16N2O2. The minimum absolute atomic E-state index is 0.0185. The first-order valence-electron chi connectivity index (χ1n) is 5.14. The molecule has 2 aliphatic rings. The minimum atomic E-state index is -0.401. The third kappa shape index (κ3) is 1.49. The Balaban J connectivity index is 2.24. The van der Waals surface area contributed by atoms with E-state index in [4.69, 9.17) is 0 Å². The van der Waals surface area contributed by atoms with Gasteiger partial charge in [0.15, 0.2) is 0 Å². The summed E-state index contributed by atoms with van der Waals surface area (Å²) in [7, 11) is 0. The summed E-state index contributed by atoms with van der Waals surface area (Å²) in [5.41, 5.74) is -0.401. The van der Waals surface area contributed by atoms with Crippen molar-refractivity contribution in [1.29, 1.82) is 0 Å². The number of hydrogen-bond donors (Lipinski definition) is 1. The van der Waals surface area contributed by atoms with E-state index in [0.717, 1.165) is 19.3 Å². The van der Waals surface area contributed by atoms with Gasteiger partial charge in [0.05, 0.1) is 0 Å². The number of urea groups is 1. The maximum absolute atomic E-state index is 12.0. The van der Waals surface area contributed by atoms with Crippen molar-refractivity contribution in [3.63, 3.8) is 0 Å². The molecule has 0 bridgehead atoms. The lowest BCUT2D eigenvalue weighted by Crippen LogP contribution is -2.46. The molecule has 1 saturated carbocycles. The molecule has 0 radical (unpaired) electrons. The van der Waals surface area contributed by atoms with E-state index in [-0.39, 0.29) is 18.0 Å². The largest absolute Gasteiger partial charge is 0.338 e. The van der Waals surface area contributed by atoms with Gasteiger partial charge in [0, 0.05) is 18.0 Å². The van der Waals surface area contributed by atoms with Gasteiger partial charge in [0.1, 0.15) is 0 Å². The molecule has 0 aromatic carbocycles. The van der Waals surface area contributed by atoms with Crippen molar-refractivity contribution in [2.75, 3.05) is 6.54 Å². The van der Waals surface area contributed by atoms with Crippen LogP contribution in [0.15, 0.2) is 0 Å². The average molecular weight is 196 g/mol. The zero-order valence-electron chi connectivity index (χ0n) is 8.67. The molecular weight excluding hydrogens is 180 g/mol. The van der Waals surface area contributed by atoms with Crippen molar-refractivity contribution in [1.82, 2.24) is 10.2 Å². The third-order valence-electron chi connectivity index (χ3n) is 2.95. The summed E-state index contributed by atoms with van der Waals surface area (Å²) < 4.78 is 0. The molecule has 1 N–H and O–H groups in total. The highest BCUT2D eigenvalue weighted by molar-refractivity contribution is 5.98. The highest BCUT2D eigenvalue weighted by atomic mass is 16.2. The van der Waals surface area contributed by atoms with Gasteiger partial charge in [-0.05, 0) is 19.3 Å². The maximum atomic E-state index is 12.0. The monoisotopic (exact) mass is 196 g/mol. The summed E-state index contributed by atoms with van der Waals surface area (Å²) in [6.45, 7) is 4.41. The molecule has 0 aromatic rings. The predicted octanol–water partition coefficient (Wildman–Crippen LogP) is 1.12. The van der Waals surface area contributed by atoms with Crippen LogP contribution in [-0.2, 0) is 4.79 Å². The van der Waals surface area contributed by atoms with Crippen molar-refractivity contribution in [3.8, 4) is 0 Å². The summed E-state index contributed by atoms with van der Waals surface area (Å²) in [6.07, 6.45) is 2.66. The summed E-state index contributed by atoms with van der Waals surface area (Å²) in [5, 5.41) is 2.77. The zero-order chi connectivity index (χ0) is 10.3. The molecule has 0 aromatic heterocycles. The summed E-state index contributed by atoms with van der Waals surface area (Å²) in [5.74, 6) is -0.0185. The number of carbonyl (C=O) groups excluding carboxylic acids is 2. The minimum Gasteiger partial charge on any atom is -0.338 e. The van der Waals surface area contributed by atoms with Crippen LogP contribution in [0.25, 0.3) is 0 Å². The Bertz CT molecular complexity index is 282. The van der Waals surface area contributed by atoms with Crippen molar-refractivity contribution in [2.45, 2.75) is 39.2 Å². The first-order valence-corrected chi connectivity index (χ1v) is 5.14. The quantitative estimate of drug-likeness (QED) is 0.683. The normalized spacial score (nSPS) is 27.1. The number of amides is 3. The van der Waals surface area contributed by atoms with E-state index in [1.54, 1.807) is 0 Å². The molecule has 0 spiro atoms. The third-order valence-corrected chi connectivity index (χ3v) is 2.95. The fourth-order valence-corrected chi connectivity index (χ4v) is 1.76. The number of carbonyl (C=O) groups is 2. The molecule has 4 nitrogen and oxygen atoms in total. The van der Waals surface area contributed by atoms with E-state index >= 15 is 0 Å². The number of nitrogens with zero attached hydrogens (tertiary/aromatic N) is 1. The van der Waals surface area contributed by atoms with Crippen LogP contribution < -0.4 is 5.32 Å². The fourth-order valence-electron chi connectivity index (χ4n) is 1.76. The van der Waals surface area contributed by atoms with Gasteiger partial charge >= 0.3 is 6.03 Å². The van der Waals surface area contributed by atoms with Gasteiger partial charge in [-0.1, -0.05) is 13.8 Å². The second kappa shape index (κ2) is 2.97. The van der Waals surface area contributed by atoms with Crippen molar-refractivity contribution in [3.05, 3.63) is 0 Å². The summed E-state index contributed by atoms with van der Waals surface area (Å²) >= 11 is 0. The van der Waals surface area contributed by atoms with Crippen LogP contribution in [-0.4, -0.2) is 29.4 Å².